The summed E-state index contributed by atoms with van der Waals surface area (Å²) in [5.41, 5.74) is 2.90. The Kier molecular flexibility index (Phi) is 8.19. The smallest absolute Gasteiger partial charge is 0.303 e. The maximum atomic E-state index is 11.4. The minimum absolute atomic E-state index is 0.0450. The number of ether oxygens (including phenoxy) is 2. The highest BCUT2D eigenvalue weighted by Gasteiger charge is 2.34. The molecule has 32 heavy (non-hydrogen) atoms. The van der Waals surface area contributed by atoms with Crippen LogP contribution < -0.4 is 4.74 Å². The first-order valence-electron chi connectivity index (χ1n) is 10.8. The van der Waals surface area contributed by atoms with Crippen LogP contribution in [0.15, 0.2) is 47.4 Å². The summed E-state index contributed by atoms with van der Waals surface area (Å²) in [6, 6.07) is 13.0. The second-order valence-electron chi connectivity index (χ2n) is 8.33. The monoisotopic (exact) mass is 463 g/mol. The maximum absolute atomic E-state index is 11.4. The van der Waals surface area contributed by atoms with Crippen LogP contribution in [0.2, 0.25) is 0 Å². The standard InChI is InChI=1S/C24H33NO6S/c1-17-10-11-20(19(14-24(26)27)7-6-12-30-3)13-21(17)16-25-15-18(2)31-22-8-4-5-9-23(22)32(25,28)29/h4-5,8-11,13,18-19,28-29H,6-7,12,14-16H2,1-3H3,(H,26,27)/t18-,19?/m1/s1. The molecule has 0 fully saturated rings. The van der Waals surface area contributed by atoms with E-state index in [1.54, 1.807) is 29.6 Å². The molecule has 0 spiro atoms. The molecule has 3 rings (SSSR count). The van der Waals surface area contributed by atoms with Gasteiger partial charge in [-0.05, 0) is 61.4 Å². The molecule has 7 nitrogen and oxygen atoms in total. The van der Waals surface area contributed by atoms with E-state index in [4.69, 9.17) is 9.47 Å². The van der Waals surface area contributed by atoms with Crippen molar-refractivity contribution in [3.05, 3.63) is 59.2 Å². The lowest BCUT2D eigenvalue weighted by Crippen LogP contribution is -2.33. The number of hydrogen-bond acceptors (Lipinski definition) is 6. The summed E-state index contributed by atoms with van der Waals surface area (Å²) in [6.45, 7) is 5.15. The highest BCUT2D eigenvalue weighted by molar-refractivity contribution is 8.22. The van der Waals surface area contributed by atoms with Gasteiger partial charge >= 0.3 is 5.97 Å². The predicted octanol–water partition coefficient (Wildman–Crippen LogP) is 5.29. The number of rotatable bonds is 9. The van der Waals surface area contributed by atoms with Crippen LogP contribution in [-0.4, -0.2) is 50.9 Å². The van der Waals surface area contributed by atoms with Crippen molar-refractivity contribution in [3.63, 3.8) is 0 Å². The van der Waals surface area contributed by atoms with Gasteiger partial charge in [0.2, 0.25) is 0 Å². The number of aryl methyl sites for hydroxylation is 1. The maximum Gasteiger partial charge on any atom is 0.303 e. The number of aliphatic carboxylic acids is 1. The van der Waals surface area contributed by atoms with Gasteiger partial charge in [0, 0.05) is 20.3 Å². The van der Waals surface area contributed by atoms with Crippen LogP contribution in [0.25, 0.3) is 0 Å². The Labute approximate surface area is 191 Å². The number of carbonyl (C=O) groups is 1. The molecule has 0 amide bonds. The third-order valence-electron chi connectivity index (χ3n) is 5.81. The molecule has 1 aliphatic rings. The lowest BCUT2D eigenvalue weighted by Gasteiger charge is -2.42. The summed E-state index contributed by atoms with van der Waals surface area (Å²) in [6.07, 6.45) is 1.31. The first-order valence-corrected chi connectivity index (χ1v) is 12.3. The summed E-state index contributed by atoms with van der Waals surface area (Å²) in [4.78, 5) is 11.8. The molecule has 1 aliphatic heterocycles. The second kappa shape index (κ2) is 10.7. The van der Waals surface area contributed by atoms with Crippen molar-refractivity contribution in [1.82, 2.24) is 4.31 Å². The van der Waals surface area contributed by atoms with Gasteiger partial charge in [0.25, 0.3) is 0 Å². The molecule has 3 N–H and O–H groups in total. The molecule has 0 saturated carbocycles. The van der Waals surface area contributed by atoms with Crippen LogP contribution in [0, 0.1) is 6.92 Å². The average Bonchev–Trinajstić information content (AvgIpc) is 2.82. The Morgan fingerprint density at radius 2 is 2.03 bits per heavy atom. The average molecular weight is 464 g/mol. The molecule has 0 bridgehead atoms. The van der Waals surface area contributed by atoms with E-state index in [1.807, 2.05) is 38.1 Å². The number of benzene rings is 2. The van der Waals surface area contributed by atoms with Crippen LogP contribution in [-0.2, 0) is 16.1 Å². The third kappa shape index (κ3) is 5.82. The van der Waals surface area contributed by atoms with Crippen molar-refractivity contribution >= 4 is 16.7 Å². The number of nitrogens with zero attached hydrogens (tertiary/aromatic N) is 1. The number of methoxy groups -OCH3 is 1. The molecular weight excluding hydrogens is 430 g/mol. The predicted molar refractivity (Wildman–Crippen MR) is 125 cm³/mol. The van der Waals surface area contributed by atoms with E-state index in [9.17, 15) is 19.0 Å². The van der Waals surface area contributed by atoms with Crippen molar-refractivity contribution in [2.24, 2.45) is 0 Å². The molecule has 0 saturated heterocycles. The van der Waals surface area contributed by atoms with Gasteiger partial charge < -0.3 is 14.6 Å². The molecule has 1 unspecified atom stereocenters. The highest BCUT2D eigenvalue weighted by Crippen LogP contribution is 2.57. The second-order valence-corrected chi connectivity index (χ2v) is 10.3. The molecule has 1 heterocycles. The van der Waals surface area contributed by atoms with Gasteiger partial charge in [-0.1, -0.05) is 30.3 Å². The SMILES string of the molecule is COCCCC(CC(=O)O)c1ccc(C)c(CN2C[C@@H](C)Oc3ccccc3S2(O)O)c1. The summed E-state index contributed by atoms with van der Waals surface area (Å²) in [5, 5.41) is 9.39. The van der Waals surface area contributed by atoms with E-state index in [0.29, 0.717) is 36.8 Å². The van der Waals surface area contributed by atoms with Gasteiger partial charge in [-0.25, -0.2) is 0 Å². The van der Waals surface area contributed by atoms with E-state index < -0.39 is 16.7 Å². The van der Waals surface area contributed by atoms with Gasteiger partial charge in [-0.2, -0.15) is 4.31 Å². The molecule has 2 atom stereocenters. The van der Waals surface area contributed by atoms with E-state index in [2.05, 4.69) is 0 Å². The number of carboxylic acid groups (broad SMARTS) is 1. The van der Waals surface area contributed by atoms with Crippen LogP contribution in [0.3, 0.4) is 0 Å². The quantitative estimate of drug-likeness (QED) is 0.435. The van der Waals surface area contributed by atoms with Crippen molar-refractivity contribution in [3.8, 4) is 5.75 Å². The Morgan fingerprint density at radius 3 is 2.75 bits per heavy atom. The van der Waals surface area contributed by atoms with Gasteiger partial charge in [0.05, 0.1) is 13.0 Å². The van der Waals surface area contributed by atoms with Gasteiger partial charge in [-0.3, -0.25) is 13.9 Å². The molecule has 0 radical (unpaired) electrons. The Morgan fingerprint density at radius 1 is 1.28 bits per heavy atom. The van der Waals surface area contributed by atoms with E-state index in [1.165, 1.54) is 0 Å². The number of fused-ring (bicyclic) bond motifs is 1. The topological polar surface area (TPSA) is 99.5 Å². The zero-order valence-electron chi connectivity index (χ0n) is 18.9. The largest absolute Gasteiger partial charge is 0.487 e. The minimum atomic E-state index is -3.24. The fourth-order valence-electron chi connectivity index (χ4n) is 4.09. The number of hydrogen-bond donors (Lipinski definition) is 3. The molecule has 2 aromatic carbocycles. The van der Waals surface area contributed by atoms with E-state index >= 15 is 0 Å². The van der Waals surface area contributed by atoms with Crippen LogP contribution in [0.4, 0.5) is 0 Å². The molecular formula is C24H33NO6S. The summed E-state index contributed by atoms with van der Waals surface area (Å²) in [7, 11) is -1.60. The first-order chi connectivity index (χ1) is 15.2. The molecule has 0 aliphatic carbocycles. The van der Waals surface area contributed by atoms with Gasteiger partial charge in [0.15, 0.2) is 0 Å². The molecule has 8 heteroatoms. The van der Waals surface area contributed by atoms with Crippen molar-refractivity contribution < 1.29 is 28.5 Å². The minimum Gasteiger partial charge on any atom is -0.487 e. The molecule has 2 aromatic rings. The van der Waals surface area contributed by atoms with Crippen molar-refractivity contribution in [1.29, 1.82) is 0 Å². The van der Waals surface area contributed by atoms with E-state index in [0.717, 1.165) is 23.1 Å². The summed E-state index contributed by atoms with van der Waals surface area (Å²) < 4.78 is 35.1. The van der Waals surface area contributed by atoms with Gasteiger partial charge in [0.1, 0.15) is 16.7 Å². The van der Waals surface area contributed by atoms with E-state index in [-0.39, 0.29) is 18.4 Å². The Bertz CT molecular complexity index is 934. The fraction of sp³-hybridized carbons (Fsp3) is 0.458. The van der Waals surface area contributed by atoms with Crippen LogP contribution in [0.5, 0.6) is 5.75 Å². The fourth-order valence-corrected chi connectivity index (χ4v) is 5.75. The Balaban J connectivity index is 1.90. The van der Waals surface area contributed by atoms with Crippen LogP contribution in [0.1, 0.15) is 48.8 Å². The zero-order chi connectivity index (χ0) is 23.3. The lowest BCUT2D eigenvalue weighted by atomic mass is 9.89. The molecule has 176 valence electrons. The van der Waals surface area contributed by atoms with Crippen LogP contribution >= 0.6 is 10.8 Å². The van der Waals surface area contributed by atoms with Crippen molar-refractivity contribution in [2.75, 3.05) is 20.3 Å². The van der Waals surface area contributed by atoms with Crippen molar-refractivity contribution in [2.45, 2.75) is 56.6 Å². The Hall–Kier alpha value is -2.10. The lowest BCUT2D eigenvalue weighted by molar-refractivity contribution is -0.137. The third-order valence-corrected chi connectivity index (χ3v) is 7.73. The highest BCUT2D eigenvalue weighted by atomic mass is 32.3. The zero-order valence-corrected chi connectivity index (χ0v) is 19.7. The normalized spacial score (nSPS) is 20.0. The summed E-state index contributed by atoms with van der Waals surface area (Å²) in [5.74, 6) is -0.471. The number of para-hydroxylation sites is 1. The molecule has 0 aromatic heterocycles. The summed E-state index contributed by atoms with van der Waals surface area (Å²) >= 11 is 0. The number of carboxylic acids is 1. The van der Waals surface area contributed by atoms with Gasteiger partial charge in [-0.15, -0.1) is 10.8 Å². The first kappa shape index (κ1) is 24.5.